The van der Waals surface area contributed by atoms with Crippen LogP contribution in [0.1, 0.15) is 39.8 Å². The molecule has 4 nitrogen and oxygen atoms in total. The summed E-state index contributed by atoms with van der Waals surface area (Å²) in [4.78, 5) is 29.0. The lowest BCUT2D eigenvalue weighted by Crippen LogP contribution is -2.52. The number of amides is 1. The predicted molar refractivity (Wildman–Crippen MR) is 92.1 cm³/mol. The van der Waals surface area contributed by atoms with E-state index in [1.165, 1.54) is 35.7 Å². The monoisotopic (exact) mass is 338 g/mol. The predicted octanol–water partition coefficient (Wildman–Crippen LogP) is 2.60. The molecule has 2 saturated heterocycles. The van der Waals surface area contributed by atoms with Gasteiger partial charge in [-0.1, -0.05) is 0 Å². The van der Waals surface area contributed by atoms with E-state index >= 15 is 0 Å². The highest BCUT2D eigenvalue weighted by Gasteiger charge is 2.28. The fraction of sp³-hybridized carbons (Fsp3) is 0.625. The molecule has 3 heterocycles. The molecule has 3 rings (SSSR count). The molecule has 2 fully saturated rings. The molecule has 2 aliphatic rings. The summed E-state index contributed by atoms with van der Waals surface area (Å²) in [5, 5.41) is 1.81. The van der Waals surface area contributed by atoms with Gasteiger partial charge in [0.1, 0.15) is 0 Å². The molecule has 0 saturated carbocycles. The van der Waals surface area contributed by atoms with Crippen LogP contribution < -0.4 is 0 Å². The van der Waals surface area contributed by atoms with Crippen molar-refractivity contribution in [3.8, 4) is 0 Å². The fourth-order valence-corrected chi connectivity index (χ4v) is 5.02. The zero-order valence-electron chi connectivity index (χ0n) is 12.9. The molecule has 1 aromatic heterocycles. The molecular formula is C16H22N2O2S2. The Hall–Kier alpha value is -0.850. The summed E-state index contributed by atoms with van der Waals surface area (Å²) in [6, 6.07) is 2.45. The van der Waals surface area contributed by atoms with Crippen LogP contribution in [0.2, 0.25) is 0 Å². The first-order chi connectivity index (χ1) is 10.6. The Balaban J connectivity index is 1.55. The molecule has 0 bridgehead atoms. The van der Waals surface area contributed by atoms with E-state index in [0.717, 1.165) is 26.2 Å². The number of hydrogen-bond acceptors (Lipinski definition) is 5. The molecule has 0 spiro atoms. The molecule has 0 radical (unpaired) electrons. The standard InChI is InChI=1S/C16H22N2O2S2/c1-12(19)15-10-13(11-22-15)16(20)18-6-4-17(5-7-18)14-2-8-21-9-3-14/h10-11,14H,2-9H2,1H3. The highest BCUT2D eigenvalue weighted by atomic mass is 32.2. The molecule has 120 valence electrons. The molecule has 2 aliphatic heterocycles. The van der Waals surface area contributed by atoms with Crippen LogP contribution in [-0.2, 0) is 0 Å². The maximum absolute atomic E-state index is 12.5. The average Bonchev–Trinajstić information content (AvgIpc) is 3.05. The minimum atomic E-state index is 0.0315. The highest BCUT2D eigenvalue weighted by Crippen LogP contribution is 2.23. The molecule has 0 aliphatic carbocycles. The van der Waals surface area contributed by atoms with Gasteiger partial charge in [-0.15, -0.1) is 11.3 Å². The summed E-state index contributed by atoms with van der Waals surface area (Å²) in [5.74, 6) is 2.64. The maximum atomic E-state index is 12.5. The first-order valence-electron chi connectivity index (χ1n) is 7.85. The summed E-state index contributed by atoms with van der Waals surface area (Å²) < 4.78 is 0. The van der Waals surface area contributed by atoms with E-state index in [-0.39, 0.29) is 11.7 Å². The number of nitrogens with zero attached hydrogens (tertiary/aromatic N) is 2. The number of thioether (sulfide) groups is 1. The van der Waals surface area contributed by atoms with Crippen molar-refractivity contribution >= 4 is 34.8 Å². The number of hydrogen-bond donors (Lipinski definition) is 0. The topological polar surface area (TPSA) is 40.6 Å². The largest absolute Gasteiger partial charge is 0.336 e. The van der Waals surface area contributed by atoms with Gasteiger partial charge >= 0.3 is 0 Å². The van der Waals surface area contributed by atoms with Crippen molar-refractivity contribution in [1.82, 2.24) is 9.80 Å². The van der Waals surface area contributed by atoms with E-state index < -0.39 is 0 Å². The van der Waals surface area contributed by atoms with Gasteiger partial charge in [0.15, 0.2) is 5.78 Å². The van der Waals surface area contributed by atoms with Gasteiger partial charge in [-0.3, -0.25) is 14.5 Å². The molecule has 0 unspecified atom stereocenters. The lowest BCUT2D eigenvalue weighted by Gasteiger charge is -2.40. The number of ketones is 1. The fourth-order valence-electron chi connectivity index (χ4n) is 3.16. The van der Waals surface area contributed by atoms with Crippen LogP contribution in [0.5, 0.6) is 0 Å². The average molecular weight is 338 g/mol. The second-order valence-electron chi connectivity index (χ2n) is 5.93. The molecule has 1 amide bonds. The van der Waals surface area contributed by atoms with Crippen molar-refractivity contribution in [3.63, 3.8) is 0 Å². The van der Waals surface area contributed by atoms with Crippen LogP contribution in [-0.4, -0.2) is 65.2 Å². The third kappa shape index (κ3) is 3.55. The van der Waals surface area contributed by atoms with Crippen molar-refractivity contribution in [3.05, 3.63) is 21.9 Å². The number of rotatable bonds is 3. The number of piperazine rings is 1. The maximum Gasteiger partial charge on any atom is 0.254 e. The third-order valence-electron chi connectivity index (χ3n) is 4.50. The van der Waals surface area contributed by atoms with Crippen LogP contribution in [0.25, 0.3) is 0 Å². The molecule has 6 heteroatoms. The number of carbonyl (C=O) groups excluding carboxylic acids is 2. The quantitative estimate of drug-likeness (QED) is 0.795. The minimum Gasteiger partial charge on any atom is -0.336 e. The third-order valence-corrected chi connectivity index (χ3v) is 6.58. The Morgan fingerprint density at radius 1 is 1.14 bits per heavy atom. The summed E-state index contributed by atoms with van der Waals surface area (Å²) in [7, 11) is 0. The SMILES string of the molecule is CC(=O)c1cc(C(=O)N2CCN(C3CCSCC3)CC2)cs1. The van der Waals surface area contributed by atoms with Gasteiger partial charge in [-0.05, 0) is 37.3 Å². The van der Waals surface area contributed by atoms with Gasteiger partial charge < -0.3 is 4.90 Å². The minimum absolute atomic E-state index is 0.0315. The first-order valence-corrected chi connectivity index (χ1v) is 9.89. The van der Waals surface area contributed by atoms with E-state index in [1.807, 2.05) is 10.3 Å². The number of thiophene rings is 1. The molecule has 0 N–H and O–H groups in total. The summed E-state index contributed by atoms with van der Waals surface area (Å²) in [6.07, 6.45) is 2.57. The van der Waals surface area contributed by atoms with Gasteiger partial charge in [-0.25, -0.2) is 0 Å². The Bertz CT molecular complexity index is 544. The van der Waals surface area contributed by atoms with Crippen molar-refractivity contribution in [1.29, 1.82) is 0 Å². The summed E-state index contributed by atoms with van der Waals surface area (Å²) in [6.45, 7) is 5.10. The summed E-state index contributed by atoms with van der Waals surface area (Å²) in [5.41, 5.74) is 0.665. The summed E-state index contributed by atoms with van der Waals surface area (Å²) >= 11 is 3.42. The van der Waals surface area contributed by atoms with Gasteiger partial charge in [0, 0.05) is 37.6 Å². The Labute approximate surface area is 139 Å². The van der Waals surface area contributed by atoms with Crippen molar-refractivity contribution in [2.24, 2.45) is 0 Å². The molecule has 0 aromatic carbocycles. The lowest BCUT2D eigenvalue weighted by atomic mass is 10.1. The normalized spacial score (nSPS) is 21.0. The molecule has 22 heavy (non-hydrogen) atoms. The second kappa shape index (κ2) is 7.15. The van der Waals surface area contributed by atoms with Gasteiger partial charge in [0.2, 0.25) is 0 Å². The van der Waals surface area contributed by atoms with E-state index in [9.17, 15) is 9.59 Å². The van der Waals surface area contributed by atoms with Crippen molar-refractivity contribution in [2.75, 3.05) is 37.7 Å². The van der Waals surface area contributed by atoms with Gasteiger partial charge in [0.25, 0.3) is 5.91 Å². The number of Topliss-reactive ketones (excluding diaryl/α,β-unsaturated/α-hetero) is 1. The van der Waals surface area contributed by atoms with Crippen LogP contribution >= 0.6 is 23.1 Å². The first kappa shape index (κ1) is 16.0. The van der Waals surface area contributed by atoms with Gasteiger partial charge in [-0.2, -0.15) is 11.8 Å². The Kier molecular flexibility index (Phi) is 5.21. The van der Waals surface area contributed by atoms with E-state index in [0.29, 0.717) is 16.5 Å². The zero-order valence-corrected chi connectivity index (χ0v) is 14.5. The van der Waals surface area contributed by atoms with Crippen LogP contribution in [0.3, 0.4) is 0 Å². The van der Waals surface area contributed by atoms with Gasteiger partial charge in [0.05, 0.1) is 10.4 Å². The number of carbonyl (C=O) groups is 2. The lowest BCUT2D eigenvalue weighted by molar-refractivity contribution is 0.0559. The van der Waals surface area contributed by atoms with Crippen LogP contribution in [0, 0.1) is 0 Å². The smallest absolute Gasteiger partial charge is 0.254 e. The van der Waals surface area contributed by atoms with Crippen LogP contribution in [0.15, 0.2) is 11.4 Å². The Morgan fingerprint density at radius 2 is 1.82 bits per heavy atom. The molecular weight excluding hydrogens is 316 g/mol. The highest BCUT2D eigenvalue weighted by molar-refractivity contribution is 7.99. The second-order valence-corrected chi connectivity index (χ2v) is 8.06. The zero-order chi connectivity index (χ0) is 15.5. The Morgan fingerprint density at radius 3 is 2.41 bits per heavy atom. The van der Waals surface area contributed by atoms with Crippen molar-refractivity contribution < 1.29 is 9.59 Å². The van der Waals surface area contributed by atoms with E-state index in [2.05, 4.69) is 16.7 Å². The van der Waals surface area contributed by atoms with E-state index in [1.54, 1.807) is 13.0 Å². The molecule has 1 aromatic rings. The van der Waals surface area contributed by atoms with Crippen molar-refractivity contribution in [2.45, 2.75) is 25.8 Å². The molecule has 0 atom stereocenters. The van der Waals surface area contributed by atoms with E-state index in [4.69, 9.17) is 0 Å². The van der Waals surface area contributed by atoms with Crippen LogP contribution in [0.4, 0.5) is 0 Å².